The molecule has 0 aromatic heterocycles. The maximum absolute atomic E-state index is 12.9. The van der Waals surface area contributed by atoms with Gasteiger partial charge in [0.05, 0.1) is 10.9 Å². The lowest BCUT2D eigenvalue weighted by Crippen LogP contribution is -2.43. The fourth-order valence-corrected chi connectivity index (χ4v) is 3.85. The second kappa shape index (κ2) is 6.14. The van der Waals surface area contributed by atoms with E-state index in [0.717, 1.165) is 45.2 Å². The topological polar surface area (TPSA) is 46.3 Å². The van der Waals surface area contributed by atoms with Gasteiger partial charge in [-0.25, -0.2) is 0 Å². The highest BCUT2D eigenvalue weighted by atomic mass is 32.1. The molecule has 0 spiro atoms. The summed E-state index contributed by atoms with van der Waals surface area (Å²) in [5.74, 6) is 0.655. The number of benzene rings is 1. The van der Waals surface area contributed by atoms with E-state index in [0.29, 0.717) is 16.8 Å². The van der Waals surface area contributed by atoms with Gasteiger partial charge in [-0.1, -0.05) is 36.5 Å². The highest BCUT2D eigenvalue weighted by molar-refractivity contribution is 7.80. The molecule has 0 saturated carbocycles. The van der Waals surface area contributed by atoms with E-state index in [-0.39, 0.29) is 5.92 Å². The van der Waals surface area contributed by atoms with Gasteiger partial charge in [0, 0.05) is 19.0 Å². The number of aryl methyl sites for hydroxylation is 1. The number of nitrogens with zero attached hydrogens (tertiary/aromatic N) is 1. The van der Waals surface area contributed by atoms with Crippen LogP contribution >= 0.6 is 12.2 Å². The molecule has 1 aromatic carbocycles. The average Bonchev–Trinajstić information content (AvgIpc) is 2.53. The van der Waals surface area contributed by atoms with Crippen molar-refractivity contribution in [3.05, 3.63) is 35.4 Å². The van der Waals surface area contributed by atoms with Crippen LogP contribution in [0.5, 0.6) is 0 Å². The van der Waals surface area contributed by atoms with Crippen molar-refractivity contribution in [3.63, 3.8) is 0 Å². The Morgan fingerprint density at radius 3 is 2.62 bits per heavy atom. The molecule has 0 bridgehead atoms. The van der Waals surface area contributed by atoms with Gasteiger partial charge in [-0.15, -0.1) is 0 Å². The summed E-state index contributed by atoms with van der Waals surface area (Å²) in [4.78, 5) is 15.5. The molecule has 1 fully saturated rings. The molecule has 21 heavy (non-hydrogen) atoms. The van der Waals surface area contributed by atoms with Crippen molar-refractivity contribution in [2.75, 3.05) is 13.1 Å². The number of hydrogen-bond acceptors (Lipinski definition) is 2. The summed E-state index contributed by atoms with van der Waals surface area (Å²) in [6.45, 7) is 1.58. The number of fused-ring (bicyclic) bond motifs is 1. The summed E-state index contributed by atoms with van der Waals surface area (Å²) in [6.07, 6.45) is 5.01. The summed E-state index contributed by atoms with van der Waals surface area (Å²) in [5, 5.41) is 0. The molecule has 4 heteroatoms. The van der Waals surface area contributed by atoms with E-state index in [2.05, 4.69) is 18.2 Å². The molecule has 1 unspecified atom stereocenters. The third-order valence-corrected chi connectivity index (χ3v) is 5.21. The normalized spacial score (nSPS) is 22.7. The number of nitrogens with two attached hydrogens (primary N) is 1. The lowest BCUT2D eigenvalue weighted by Gasteiger charge is -2.35. The minimum Gasteiger partial charge on any atom is -0.393 e. The molecule has 1 atom stereocenters. The number of amides is 1. The molecule has 3 rings (SSSR count). The first-order valence-corrected chi connectivity index (χ1v) is 8.23. The van der Waals surface area contributed by atoms with Gasteiger partial charge in [-0.2, -0.15) is 0 Å². The molecule has 1 aliphatic carbocycles. The predicted octanol–water partition coefficient (Wildman–Crippen LogP) is 2.63. The molecule has 2 N–H and O–H groups in total. The third kappa shape index (κ3) is 2.95. The molecular formula is C17H22N2OS. The monoisotopic (exact) mass is 302 g/mol. The lowest BCUT2D eigenvalue weighted by atomic mass is 9.81. The summed E-state index contributed by atoms with van der Waals surface area (Å²) >= 11 is 5.07. The van der Waals surface area contributed by atoms with Crippen LogP contribution in [0.15, 0.2) is 24.3 Å². The number of hydrogen-bond donors (Lipinski definition) is 1. The van der Waals surface area contributed by atoms with Gasteiger partial charge in [-0.05, 0) is 43.2 Å². The summed E-state index contributed by atoms with van der Waals surface area (Å²) in [5.41, 5.74) is 8.31. The van der Waals surface area contributed by atoms with E-state index in [1.165, 1.54) is 11.1 Å². The Labute approximate surface area is 131 Å². The Kier molecular flexibility index (Phi) is 4.24. The number of carbonyl (C=O) groups excluding carboxylic acids is 1. The van der Waals surface area contributed by atoms with Gasteiger partial charge >= 0.3 is 0 Å². The Bertz CT molecular complexity index is 549. The van der Waals surface area contributed by atoms with Crippen molar-refractivity contribution in [1.82, 2.24) is 4.90 Å². The zero-order chi connectivity index (χ0) is 14.8. The second-order valence-electron chi connectivity index (χ2n) is 6.15. The van der Waals surface area contributed by atoms with Crippen molar-refractivity contribution >= 4 is 23.1 Å². The van der Waals surface area contributed by atoms with E-state index in [4.69, 9.17) is 18.0 Å². The van der Waals surface area contributed by atoms with Crippen molar-refractivity contribution in [3.8, 4) is 0 Å². The molecule has 1 saturated heterocycles. The Morgan fingerprint density at radius 2 is 1.90 bits per heavy atom. The first kappa shape index (κ1) is 14.5. The quantitative estimate of drug-likeness (QED) is 0.854. The van der Waals surface area contributed by atoms with Crippen LogP contribution in [-0.4, -0.2) is 28.9 Å². The molecule has 112 valence electrons. The summed E-state index contributed by atoms with van der Waals surface area (Å²) in [7, 11) is 0. The first-order chi connectivity index (χ1) is 10.2. The fraction of sp³-hybridized carbons (Fsp3) is 0.529. The van der Waals surface area contributed by atoms with Crippen molar-refractivity contribution in [2.24, 2.45) is 11.7 Å². The largest absolute Gasteiger partial charge is 0.393 e. The van der Waals surface area contributed by atoms with Gasteiger partial charge in [0.25, 0.3) is 0 Å². The molecule has 1 heterocycles. The fourth-order valence-electron chi connectivity index (χ4n) is 3.62. The second-order valence-corrected chi connectivity index (χ2v) is 6.62. The number of rotatable bonds is 2. The van der Waals surface area contributed by atoms with Crippen LogP contribution in [-0.2, 0) is 11.2 Å². The standard InChI is InChI=1S/C17H22N2OS/c18-16(21)13-8-10-19(11-9-13)17(20)15-7-3-5-12-4-1-2-6-14(12)15/h1-2,4,6,13,15H,3,5,7-11H2,(H2,18,21). The smallest absolute Gasteiger partial charge is 0.230 e. The van der Waals surface area contributed by atoms with E-state index in [9.17, 15) is 4.79 Å². The van der Waals surface area contributed by atoms with E-state index in [1.54, 1.807) is 0 Å². The average molecular weight is 302 g/mol. The number of carbonyl (C=O) groups is 1. The van der Waals surface area contributed by atoms with Crippen molar-refractivity contribution in [1.29, 1.82) is 0 Å². The lowest BCUT2D eigenvalue weighted by molar-refractivity contribution is -0.134. The van der Waals surface area contributed by atoms with Crippen LogP contribution in [0.3, 0.4) is 0 Å². The minimum atomic E-state index is 0.0522. The maximum Gasteiger partial charge on any atom is 0.230 e. The van der Waals surface area contributed by atoms with Crippen LogP contribution in [0.1, 0.15) is 42.7 Å². The van der Waals surface area contributed by atoms with Crippen molar-refractivity contribution in [2.45, 2.75) is 38.0 Å². The van der Waals surface area contributed by atoms with Crippen LogP contribution < -0.4 is 5.73 Å². The summed E-state index contributed by atoms with van der Waals surface area (Å²) < 4.78 is 0. The van der Waals surface area contributed by atoms with Crippen LogP contribution in [0, 0.1) is 5.92 Å². The zero-order valence-electron chi connectivity index (χ0n) is 12.3. The molecular weight excluding hydrogens is 280 g/mol. The van der Waals surface area contributed by atoms with Gasteiger partial charge in [-0.3, -0.25) is 4.79 Å². The number of piperidine rings is 1. The SMILES string of the molecule is NC(=S)C1CCN(C(=O)C2CCCc3ccccc32)CC1. The molecule has 0 radical (unpaired) electrons. The third-order valence-electron chi connectivity index (χ3n) is 4.88. The van der Waals surface area contributed by atoms with Gasteiger partial charge in [0.15, 0.2) is 0 Å². The van der Waals surface area contributed by atoms with Crippen LogP contribution in [0.25, 0.3) is 0 Å². The van der Waals surface area contributed by atoms with E-state index >= 15 is 0 Å². The van der Waals surface area contributed by atoms with Gasteiger partial charge in [0.2, 0.25) is 5.91 Å². The van der Waals surface area contributed by atoms with E-state index in [1.807, 2.05) is 11.0 Å². The molecule has 2 aliphatic rings. The van der Waals surface area contributed by atoms with Gasteiger partial charge in [0.1, 0.15) is 0 Å². The van der Waals surface area contributed by atoms with Crippen LogP contribution in [0.4, 0.5) is 0 Å². The van der Waals surface area contributed by atoms with E-state index < -0.39 is 0 Å². The van der Waals surface area contributed by atoms with Gasteiger partial charge < -0.3 is 10.6 Å². The highest BCUT2D eigenvalue weighted by Gasteiger charge is 2.32. The molecule has 3 nitrogen and oxygen atoms in total. The summed E-state index contributed by atoms with van der Waals surface area (Å²) in [6, 6.07) is 8.40. The van der Waals surface area contributed by atoms with Crippen LogP contribution in [0.2, 0.25) is 0 Å². The number of likely N-dealkylation sites (tertiary alicyclic amines) is 1. The molecule has 1 amide bonds. The first-order valence-electron chi connectivity index (χ1n) is 7.82. The molecule has 1 aromatic rings. The Hall–Kier alpha value is -1.42. The highest BCUT2D eigenvalue weighted by Crippen LogP contribution is 2.33. The zero-order valence-corrected chi connectivity index (χ0v) is 13.1. The van der Waals surface area contributed by atoms with Crippen molar-refractivity contribution < 1.29 is 4.79 Å². The number of thiocarbonyl (C=S) groups is 1. The maximum atomic E-state index is 12.9. The predicted molar refractivity (Wildman–Crippen MR) is 88.2 cm³/mol. The molecule has 1 aliphatic heterocycles. The Balaban J connectivity index is 1.71. The minimum absolute atomic E-state index is 0.0522. The Morgan fingerprint density at radius 1 is 1.19 bits per heavy atom.